The number of carbonyl (C=O) groups excluding carboxylic acids is 2. The molecule has 2 aromatic rings. The fourth-order valence-corrected chi connectivity index (χ4v) is 4.31. The Labute approximate surface area is 199 Å². The number of ether oxygens (including phenoxy) is 5. The molecule has 0 radical (unpaired) electrons. The van der Waals surface area contributed by atoms with Crippen molar-refractivity contribution in [2.75, 3.05) is 27.9 Å². The summed E-state index contributed by atoms with van der Waals surface area (Å²) in [7, 11) is 4.57. The molecule has 1 aliphatic carbocycles. The number of hydrogen-bond acceptors (Lipinski definition) is 8. The summed E-state index contributed by atoms with van der Waals surface area (Å²) in [4.78, 5) is 28.8. The topological polar surface area (TPSA) is 105 Å². The third-order valence-corrected chi connectivity index (χ3v) is 5.86. The van der Waals surface area contributed by atoms with Crippen molar-refractivity contribution < 1.29 is 33.3 Å². The molecular formula is C25H32N2O7. The van der Waals surface area contributed by atoms with Crippen LogP contribution in [-0.2, 0) is 9.53 Å². The number of methoxy groups -OCH3 is 3. The zero-order valence-corrected chi connectivity index (χ0v) is 20.3. The van der Waals surface area contributed by atoms with E-state index in [1.807, 2.05) is 25.1 Å². The van der Waals surface area contributed by atoms with Gasteiger partial charge in [-0.1, -0.05) is 6.07 Å². The van der Waals surface area contributed by atoms with Gasteiger partial charge in [0.05, 0.1) is 33.5 Å². The Morgan fingerprint density at radius 2 is 1.79 bits per heavy atom. The number of rotatable bonds is 9. The molecule has 0 spiro atoms. The van der Waals surface area contributed by atoms with Gasteiger partial charge >= 0.3 is 5.97 Å². The fraction of sp³-hybridized carbons (Fsp3) is 0.480. The Bertz CT molecular complexity index is 1010. The molecule has 1 amide bonds. The lowest BCUT2D eigenvalue weighted by molar-refractivity contribution is -0.148. The molecule has 1 heterocycles. The minimum atomic E-state index is -0.313. The number of esters is 1. The molecule has 9 heteroatoms. The zero-order valence-electron chi connectivity index (χ0n) is 20.3. The number of aromatic nitrogens is 1. The molecule has 1 aliphatic rings. The highest BCUT2D eigenvalue weighted by Gasteiger charge is 2.35. The van der Waals surface area contributed by atoms with E-state index in [-0.39, 0.29) is 29.9 Å². The number of carbonyl (C=O) groups is 2. The molecule has 1 saturated carbocycles. The SMILES string of the molecule is CCOc1cc([C@H]2C[C@H](OC(C)=O)CC[C@H]2NC(=O)c2cnc(OC)c(OC)c2)ccc1OC. The van der Waals surface area contributed by atoms with E-state index < -0.39 is 0 Å². The van der Waals surface area contributed by atoms with E-state index in [1.54, 1.807) is 13.2 Å². The van der Waals surface area contributed by atoms with E-state index in [0.717, 1.165) is 5.56 Å². The molecule has 0 bridgehead atoms. The molecule has 1 N–H and O–H groups in total. The molecule has 0 saturated heterocycles. The first-order valence-corrected chi connectivity index (χ1v) is 11.3. The number of hydrogen-bond donors (Lipinski definition) is 1. The van der Waals surface area contributed by atoms with Gasteiger partial charge in [0.25, 0.3) is 11.8 Å². The minimum Gasteiger partial charge on any atom is -0.493 e. The van der Waals surface area contributed by atoms with E-state index in [9.17, 15) is 9.59 Å². The van der Waals surface area contributed by atoms with E-state index in [4.69, 9.17) is 23.7 Å². The molecule has 184 valence electrons. The van der Waals surface area contributed by atoms with E-state index in [1.165, 1.54) is 27.3 Å². The minimum absolute atomic E-state index is 0.0970. The molecule has 0 unspecified atom stereocenters. The van der Waals surface area contributed by atoms with Gasteiger partial charge in [0.1, 0.15) is 6.10 Å². The Morgan fingerprint density at radius 3 is 2.44 bits per heavy atom. The summed E-state index contributed by atoms with van der Waals surface area (Å²) < 4.78 is 27.1. The number of amides is 1. The van der Waals surface area contributed by atoms with Gasteiger partial charge in [-0.05, 0) is 43.9 Å². The van der Waals surface area contributed by atoms with Crippen molar-refractivity contribution in [3.8, 4) is 23.1 Å². The number of pyridine rings is 1. The first-order valence-electron chi connectivity index (χ1n) is 11.3. The Balaban J connectivity index is 1.88. The molecule has 1 aromatic heterocycles. The van der Waals surface area contributed by atoms with Crippen LogP contribution < -0.4 is 24.3 Å². The average molecular weight is 473 g/mol. The maximum absolute atomic E-state index is 13.1. The van der Waals surface area contributed by atoms with E-state index >= 15 is 0 Å². The van der Waals surface area contributed by atoms with Crippen molar-refractivity contribution in [1.29, 1.82) is 0 Å². The summed E-state index contributed by atoms with van der Waals surface area (Å²) in [6, 6.07) is 7.16. The lowest BCUT2D eigenvalue weighted by Crippen LogP contribution is -2.44. The van der Waals surface area contributed by atoms with Crippen molar-refractivity contribution in [3.05, 3.63) is 41.6 Å². The molecule has 3 atom stereocenters. The molecule has 0 aliphatic heterocycles. The van der Waals surface area contributed by atoms with Crippen LogP contribution in [0.3, 0.4) is 0 Å². The van der Waals surface area contributed by atoms with Gasteiger partial charge in [0.15, 0.2) is 17.2 Å². The molecule has 34 heavy (non-hydrogen) atoms. The molecule has 3 rings (SSSR count). The van der Waals surface area contributed by atoms with Crippen molar-refractivity contribution in [3.63, 3.8) is 0 Å². The summed E-state index contributed by atoms with van der Waals surface area (Å²) in [5.74, 6) is 1.27. The third kappa shape index (κ3) is 5.89. The second-order valence-corrected chi connectivity index (χ2v) is 8.01. The van der Waals surface area contributed by atoms with Crippen molar-refractivity contribution in [1.82, 2.24) is 10.3 Å². The lowest BCUT2D eigenvalue weighted by atomic mass is 9.78. The second kappa shape index (κ2) is 11.6. The summed E-state index contributed by atoms with van der Waals surface area (Å²) in [6.07, 6.45) is 3.10. The second-order valence-electron chi connectivity index (χ2n) is 8.01. The highest BCUT2D eigenvalue weighted by Crippen LogP contribution is 2.39. The standard InChI is InChI=1S/C25H32N2O7/c1-6-33-22-11-16(7-10-21(22)30-3)19-13-18(34-15(2)28)8-9-20(19)27-24(29)17-12-23(31-4)25(32-5)26-14-17/h7,10-12,14,18-20H,6,8-9,13H2,1-5H3,(H,27,29)/t18-,19-,20-/m1/s1. The fourth-order valence-electron chi connectivity index (χ4n) is 4.31. The number of nitrogens with zero attached hydrogens (tertiary/aromatic N) is 1. The van der Waals surface area contributed by atoms with Crippen LogP contribution in [0.2, 0.25) is 0 Å². The monoisotopic (exact) mass is 472 g/mol. The van der Waals surface area contributed by atoms with Crippen molar-refractivity contribution in [2.45, 2.75) is 51.2 Å². The van der Waals surface area contributed by atoms with Crippen LogP contribution in [0.15, 0.2) is 30.5 Å². The highest BCUT2D eigenvalue weighted by atomic mass is 16.5. The summed E-state index contributed by atoms with van der Waals surface area (Å²) in [5, 5.41) is 3.14. The van der Waals surface area contributed by atoms with Crippen LogP contribution in [-0.4, -0.2) is 56.9 Å². The smallest absolute Gasteiger partial charge is 0.302 e. The molecule has 1 fully saturated rings. The predicted molar refractivity (Wildman–Crippen MR) is 125 cm³/mol. The normalized spacial score (nSPS) is 19.6. The van der Waals surface area contributed by atoms with Crippen LogP contribution in [0.5, 0.6) is 23.1 Å². The maximum Gasteiger partial charge on any atom is 0.302 e. The quantitative estimate of drug-likeness (QED) is 0.553. The molecule has 1 aromatic carbocycles. The van der Waals surface area contributed by atoms with Gasteiger partial charge in [-0.2, -0.15) is 0 Å². The van der Waals surface area contributed by atoms with Crippen LogP contribution in [0.4, 0.5) is 0 Å². The van der Waals surface area contributed by atoms with E-state index in [0.29, 0.717) is 54.6 Å². The van der Waals surface area contributed by atoms with Crippen LogP contribution >= 0.6 is 0 Å². The Hall–Kier alpha value is -3.49. The van der Waals surface area contributed by atoms with Gasteiger partial charge in [-0.25, -0.2) is 4.98 Å². The first-order chi connectivity index (χ1) is 16.4. The first kappa shape index (κ1) is 25.1. The van der Waals surface area contributed by atoms with Gasteiger partial charge < -0.3 is 29.0 Å². The van der Waals surface area contributed by atoms with Crippen molar-refractivity contribution in [2.24, 2.45) is 0 Å². The van der Waals surface area contributed by atoms with Crippen LogP contribution in [0.1, 0.15) is 54.9 Å². The summed E-state index contributed by atoms with van der Waals surface area (Å²) >= 11 is 0. The van der Waals surface area contributed by atoms with E-state index in [2.05, 4.69) is 10.3 Å². The van der Waals surface area contributed by atoms with Crippen LogP contribution in [0, 0.1) is 0 Å². The Kier molecular flexibility index (Phi) is 8.56. The van der Waals surface area contributed by atoms with Crippen LogP contribution in [0.25, 0.3) is 0 Å². The number of nitrogens with one attached hydrogen (secondary N) is 1. The van der Waals surface area contributed by atoms with Gasteiger partial charge in [-0.3, -0.25) is 9.59 Å². The molecule has 9 nitrogen and oxygen atoms in total. The Morgan fingerprint density at radius 1 is 1.03 bits per heavy atom. The summed E-state index contributed by atoms with van der Waals surface area (Å²) in [5.41, 5.74) is 1.33. The highest BCUT2D eigenvalue weighted by molar-refractivity contribution is 5.94. The predicted octanol–water partition coefficient (Wildman–Crippen LogP) is 3.50. The van der Waals surface area contributed by atoms with Crippen molar-refractivity contribution >= 4 is 11.9 Å². The summed E-state index contributed by atoms with van der Waals surface area (Å²) in [6.45, 7) is 3.81. The zero-order chi connectivity index (χ0) is 24.7. The largest absolute Gasteiger partial charge is 0.493 e. The average Bonchev–Trinajstić information content (AvgIpc) is 2.84. The third-order valence-electron chi connectivity index (χ3n) is 5.86. The van der Waals surface area contributed by atoms with Gasteiger partial charge in [0, 0.05) is 31.1 Å². The maximum atomic E-state index is 13.1. The van der Waals surface area contributed by atoms with Gasteiger partial charge in [0.2, 0.25) is 0 Å². The van der Waals surface area contributed by atoms with Gasteiger partial charge in [-0.15, -0.1) is 0 Å². The number of benzene rings is 1. The lowest BCUT2D eigenvalue weighted by Gasteiger charge is -2.36. The molecular weight excluding hydrogens is 440 g/mol.